The van der Waals surface area contributed by atoms with Crippen LogP contribution < -0.4 is 0 Å². The molecule has 0 radical (unpaired) electrons. The van der Waals surface area contributed by atoms with E-state index in [0.717, 1.165) is 6.61 Å². The van der Waals surface area contributed by atoms with E-state index in [4.69, 9.17) is 4.74 Å². The fourth-order valence-corrected chi connectivity index (χ4v) is 1.74. The average molecular weight is 144 g/mol. The fourth-order valence-electron chi connectivity index (χ4n) is 1.22. The molecule has 0 aromatic carbocycles. The Bertz CT molecular complexity index is 101. The maximum Gasteiger partial charge on any atom is 0.0465 e. The summed E-state index contributed by atoms with van der Waals surface area (Å²) in [5.41, 5.74) is 1.07. The zero-order chi connectivity index (χ0) is 6.91. The van der Waals surface area contributed by atoms with Crippen LogP contribution in [-0.4, -0.2) is 22.6 Å². The van der Waals surface area contributed by atoms with Crippen LogP contribution in [0, 0.1) is 5.41 Å². The Kier molecular flexibility index (Phi) is 1.96. The van der Waals surface area contributed by atoms with Crippen LogP contribution >= 0.6 is 0 Å². The minimum absolute atomic E-state index is 0.477. The van der Waals surface area contributed by atoms with Crippen LogP contribution in [0.1, 0.15) is 26.7 Å². The van der Waals surface area contributed by atoms with E-state index in [1.165, 1.54) is 23.1 Å². The molecule has 1 rings (SSSR count). The van der Waals surface area contributed by atoms with Crippen molar-refractivity contribution in [3.8, 4) is 0 Å². The quantitative estimate of drug-likeness (QED) is 0.450. The second kappa shape index (κ2) is 2.43. The number of ether oxygens (including phenoxy) is 1. The predicted molar refractivity (Wildman–Crippen MR) is 42.7 cm³/mol. The molecular weight excluding hydrogens is 128 g/mol. The van der Waals surface area contributed by atoms with E-state index in [9.17, 15) is 0 Å². The maximum absolute atomic E-state index is 5.55. The fraction of sp³-hybridized carbons (Fsp3) is 1.00. The third-order valence-electron chi connectivity index (χ3n) is 2.43. The first-order valence-corrected chi connectivity index (χ1v) is 4.90. The van der Waals surface area contributed by atoms with Crippen LogP contribution in [0.25, 0.3) is 0 Å². The molecule has 1 nitrogen and oxygen atoms in total. The lowest BCUT2D eigenvalue weighted by atomic mass is 9.87. The van der Waals surface area contributed by atoms with E-state index < -0.39 is 0 Å². The molecule has 0 N–H and O–H groups in total. The zero-order valence-corrected chi connectivity index (χ0v) is 8.61. The first kappa shape index (κ1) is 7.29. The summed E-state index contributed by atoms with van der Waals surface area (Å²) in [6, 6.07) is 0. The zero-order valence-electron chi connectivity index (χ0n) is 6.61. The Labute approximate surface area is 60.2 Å². The standard InChI is InChI=1S/C7H16OSi/c1-7(2)4-3-5-8-6(7)9/h6H,3-5H2,1-2,9H3. The van der Waals surface area contributed by atoms with Gasteiger partial charge in [0, 0.05) is 22.6 Å². The van der Waals surface area contributed by atoms with Gasteiger partial charge < -0.3 is 4.74 Å². The summed E-state index contributed by atoms with van der Waals surface area (Å²) in [5, 5.41) is 0. The maximum atomic E-state index is 5.55. The third-order valence-corrected chi connectivity index (χ3v) is 4.33. The van der Waals surface area contributed by atoms with Gasteiger partial charge in [-0.05, 0) is 18.3 Å². The molecule has 0 bridgehead atoms. The third kappa shape index (κ3) is 1.55. The average Bonchev–Trinajstić information content (AvgIpc) is 1.77. The van der Waals surface area contributed by atoms with Gasteiger partial charge in [0.1, 0.15) is 0 Å². The molecule has 1 saturated heterocycles. The molecule has 9 heavy (non-hydrogen) atoms. The van der Waals surface area contributed by atoms with Crippen LogP contribution in [-0.2, 0) is 4.74 Å². The van der Waals surface area contributed by atoms with Crippen LogP contribution in [0.3, 0.4) is 0 Å². The van der Waals surface area contributed by atoms with Crippen molar-refractivity contribution in [1.29, 1.82) is 0 Å². The molecule has 0 aromatic heterocycles. The number of hydrogen-bond donors (Lipinski definition) is 0. The molecule has 2 heteroatoms. The van der Waals surface area contributed by atoms with Gasteiger partial charge in [-0.1, -0.05) is 13.8 Å². The van der Waals surface area contributed by atoms with E-state index >= 15 is 0 Å². The number of rotatable bonds is 0. The summed E-state index contributed by atoms with van der Waals surface area (Å²) in [7, 11) is 1.19. The van der Waals surface area contributed by atoms with Gasteiger partial charge in [-0.3, -0.25) is 0 Å². The van der Waals surface area contributed by atoms with Crippen LogP contribution in [0.5, 0.6) is 0 Å². The van der Waals surface area contributed by atoms with Crippen LogP contribution in [0.15, 0.2) is 0 Å². The van der Waals surface area contributed by atoms with E-state index in [1.807, 2.05) is 0 Å². The monoisotopic (exact) mass is 144 g/mol. The highest BCUT2D eigenvalue weighted by atomic mass is 28.1. The molecule has 1 aliphatic rings. The molecule has 54 valence electrons. The smallest absolute Gasteiger partial charge is 0.0465 e. The minimum atomic E-state index is 0.477. The number of hydrogen-bond acceptors (Lipinski definition) is 1. The minimum Gasteiger partial charge on any atom is -0.382 e. The molecule has 1 unspecified atom stereocenters. The molecular formula is C7H16OSi. The van der Waals surface area contributed by atoms with Crippen LogP contribution in [0.4, 0.5) is 0 Å². The lowest BCUT2D eigenvalue weighted by molar-refractivity contribution is -0.0175. The van der Waals surface area contributed by atoms with Crippen molar-refractivity contribution < 1.29 is 4.74 Å². The lowest BCUT2D eigenvalue weighted by Crippen LogP contribution is -2.36. The first-order chi connectivity index (χ1) is 4.13. The molecule has 1 aliphatic heterocycles. The van der Waals surface area contributed by atoms with Gasteiger partial charge in [-0.15, -0.1) is 0 Å². The normalized spacial score (nSPS) is 34.7. The van der Waals surface area contributed by atoms with Gasteiger partial charge in [0.2, 0.25) is 0 Å². The topological polar surface area (TPSA) is 9.23 Å². The molecule has 0 aromatic rings. The van der Waals surface area contributed by atoms with E-state index in [1.54, 1.807) is 0 Å². The molecule has 0 amide bonds. The molecule has 1 fully saturated rings. The van der Waals surface area contributed by atoms with Gasteiger partial charge in [-0.2, -0.15) is 0 Å². The summed E-state index contributed by atoms with van der Waals surface area (Å²) in [4.78, 5) is 0. The highest BCUT2D eigenvalue weighted by molar-refractivity contribution is 6.11. The lowest BCUT2D eigenvalue weighted by Gasteiger charge is -2.36. The Morgan fingerprint density at radius 2 is 2.22 bits per heavy atom. The van der Waals surface area contributed by atoms with E-state index in [-0.39, 0.29) is 0 Å². The Morgan fingerprint density at radius 3 is 2.56 bits per heavy atom. The SMILES string of the molecule is CC1(C)CCCOC1[SiH3]. The summed E-state index contributed by atoms with van der Waals surface area (Å²) in [6.45, 7) is 5.62. The summed E-state index contributed by atoms with van der Waals surface area (Å²) in [5.74, 6) is 0. The molecule has 1 heterocycles. The van der Waals surface area contributed by atoms with E-state index in [2.05, 4.69) is 13.8 Å². The van der Waals surface area contributed by atoms with Crippen molar-refractivity contribution in [2.45, 2.75) is 32.4 Å². The largest absolute Gasteiger partial charge is 0.382 e. The van der Waals surface area contributed by atoms with Crippen LogP contribution in [0.2, 0.25) is 0 Å². The summed E-state index contributed by atoms with van der Waals surface area (Å²) >= 11 is 0. The van der Waals surface area contributed by atoms with Gasteiger partial charge in [0.15, 0.2) is 0 Å². The Balaban J connectivity index is 2.49. The van der Waals surface area contributed by atoms with Crippen molar-refractivity contribution in [2.75, 3.05) is 6.61 Å². The Hall–Kier alpha value is 0.177. The van der Waals surface area contributed by atoms with Gasteiger partial charge >= 0.3 is 0 Å². The van der Waals surface area contributed by atoms with Crippen molar-refractivity contribution in [3.63, 3.8) is 0 Å². The van der Waals surface area contributed by atoms with Crippen molar-refractivity contribution in [1.82, 2.24) is 0 Å². The highest BCUT2D eigenvalue weighted by Gasteiger charge is 2.28. The molecule has 0 aliphatic carbocycles. The Morgan fingerprint density at radius 1 is 1.56 bits per heavy atom. The second-order valence-corrected chi connectivity index (χ2v) is 4.65. The summed E-state index contributed by atoms with van der Waals surface area (Å²) < 4.78 is 5.55. The molecule has 0 saturated carbocycles. The van der Waals surface area contributed by atoms with Crippen molar-refractivity contribution in [2.24, 2.45) is 5.41 Å². The van der Waals surface area contributed by atoms with Gasteiger partial charge in [0.05, 0.1) is 0 Å². The van der Waals surface area contributed by atoms with E-state index in [0.29, 0.717) is 11.1 Å². The predicted octanol–water partition coefficient (Wildman–Crippen LogP) is 0.514. The van der Waals surface area contributed by atoms with Gasteiger partial charge in [0.25, 0.3) is 0 Å². The van der Waals surface area contributed by atoms with Gasteiger partial charge in [-0.25, -0.2) is 0 Å². The molecule has 1 atom stereocenters. The highest BCUT2D eigenvalue weighted by Crippen LogP contribution is 2.30. The second-order valence-electron chi connectivity index (χ2n) is 3.61. The molecule has 0 spiro atoms. The first-order valence-electron chi connectivity index (χ1n) is 3.74. The van der Waals surface area contributed by atoms with Crippen molar-refractivity contribution in [3.05, 3.63) is 0 Å². The summed E-state index contributed by atoms with van der Waals surface area (Å²) in [6.07, 6.45) is 2.60. The van der Waals surface area contributed by atoms with Crippen molar-refractivity contribution >= 4 is 10.2 Å².